The van der Waals surface area contributed by atoms with E-state index in [0.717, 1.165) is 0 Å². The number of halogens is 2. The van der Waals surface area contributed by atoms with Gasteiger partial charge >= 0.3 is 0 Å². The Balaban J connectivity index is 1.78. The second-order valence-electron chi connectivity index (χ2n) is 4.30. The molecule has 1 aliphatic carbocycles. The lowest BCUT2D eigenvalue weighted by Gasteiger charge is -1.97. The van der Waals surface area contributed by atoms with Gasteiger partial charge in [0.2, 0.25) is 0 Å². The third-order valence-electron chi connectivity index (χ3n) is 2.76. The topological polar surface area (TPSA) is 51.0 Å². The highest BCUT2D eigenvalue weighted by Crippen LogP contribution is 2.27. The van der Waals surface area contributed by atoms with Crippen LogP contribution in [0.5, 0.6) is 0 Å². The van der Waals surface area contributed by atoms with E-state index in [2.05, 4.69) is 15.5 Å². The van der Waals surface area contributed by atoms with Crippen LogP contribution < -0.4 is 5.32 Å². The highest BCUT2D eigenvalue weighted by atomic mass is 35.5. The highest BCUT2D eigenvalue weighted by molar-refractivity contribution is 6.33. The molecule has 4 nitrogen and oxygen atoms in total. The summed E-state index contributed by atoms with van der Waals surface area (Å²) in [5.41, 5.74) is 0.545. The van der Waals surface area contributed by atoms with Crippen LogP contribution in [-0.4, -0.2) is 16.2 Å². The Hall–Kier alpha value is -1.46. The lowest BCUT2D eigenvalue weighted by molar-refractivity contribution is 0.419. The maximum atomic E-state index is 12.9. The number of hydrogen-bond donors (Lipinski definition) is 1. The van der Waals surface area contributed by atoms with E-state index in [9.17, 15) is 4.39 Å². The fourth-order valence-corrected chi connectivity index (χ4v) is 1.87. The third-order valence-corrected chi connectivity index (χ3v) is 3.07. The summed E-state index contributed by atoms with van der Waals surface area (Å²) >= 11 is 5.93. The lowest BCUT2D eigenvalue weighted by atomic mass is 10.2. The SMILES string of the molecule is Fc1ccc(-c2nc(CNC3CC3)no2)c(Cl)c1. The molecule has 1 saturated carbocycles. The van der Waals surface area contributed by atoms with E-state index in [-0.39, 0.29) is 10.8 Å². The van der Waals surface area contributed by atoms with Gasteiger partial charge in [0.1, 0.15) is 5.82 Å². The first-order chi connectivity index (χ1) is 8.72. The van der Waals surface area contributed by atoms with Crippen LogP contribution >= 0.6 is 11.6 Å². The molecule has 6 heteroatoms. The van der Waals surface area contributed by atoms with Gasteiger partial charge in [-0.1, -0.05) is 16.8 Å². The minimum absolute atomic E-state index is 0.264. The van der Waals surface area contributed by atoms with Crippen LogP contribution in [0.4, 0.5) is 4.39 Å². The van der Waals surface area contributed by atoms with Gasteiger partial charge in [0.05, 0.1) is 17.1 Å². The standard InChI is InChI=1S/C12H11ClFN3O/c13-10-5-7(14)1-4-9(10)12-16-11(17-18-12)6-15-8-2-3-8/h1,4-5,8,15H,2-3,6H2. The van der Waals surface area contributed by atoms with Gasteiger partial charge in [-0.15, -0.1) is 0 Å². The molecule has 94 valence electrons. The van der Waals surface area contributed by atoms with E-state index >= 15 is 0 Å². The molecule has 0 bridgehead atoms. The zero-order valence-corrected chi connectivity index (χ0v) is 10.2. The predicted molar refractivity (Wildman–Crippen MR) is 64.6 cm³/mol. The Bertz CT molecular complexity index is 568. The molecule has 0 aliphatic heterocycles. The summed E-state index contributed by atoms with van der Waals surface area (Å²) in [5.74, 6) is 0.503. The summed E-state index contributed by atoms with van der Waals surface area (Å²) < 4.78 is 18.0. The van der Waals surface area contributed by atoms with Gasteiger partial charge in [-0.2, -0.15) is 4.98 Å². The third kappa shape index (κ3) is 2.52. The number of rotatable bonds is 4. The van der Waals surface area contributed by atoms with Crippen LogP contribution in [-0.2, 0) is 6.54 Å². The van der Waals surface area contributed by atoms with Crippen molar-refractivity contribution in [2.75, 3.05) is 0 Å². The molecule has 0 amide bonds. The molecule has 0 unspecified atom stereocenters. The number of nitrogens with zero attached hydrogens (tertiary/aromatic N) is 2. The van der Waals surface area contributed by atoms with Crippen molar-refractivity contribution in [3.05, 3.63) is 34.9 Å². The molecule has 1 fully saturated rings. The number of nitrogens with one attached hydrogen (secondary N) is 1. The maximum Gasteiger partial charge on any atom is 0.259 e. The molecule has 0 radical (unpaired) electrons. The van der Waals surface area contributed by atoms with Crippen molar-refractivity contribution in [2.24, 2.45) is 0 Å². The van der Waals surface area contributed by atoms with Crippen LogP contribution in [0.1, 0.15) is 18.7 Å². The second-order valence-corrected chi connectivity index (χ2v) is 4.70. The van der Waals surface area contributed by atoms with Crippen LogP contribution in [0.2, 0.25) is 5.02 Å². The summed E-state index contributed by atoms with van der Waals surface area (Å²) in [5, 5.41) is 7.40. The van der Waals surface area contributed by atoms with Gasteiger partial charge < -0.3 is 9.84 Å². The van der Waals surface area contributed by atoms with Crippen molar-refractivity contribution >= 4 is 11.6 Å². The molecular formula is C12H11ClFN3O. The molecule has 0 spiro atoms. The smallest absolute Gasteiger partial charge is 0.259 e. The van der Waals surface area contributed by atoms with Crippen LogP contribution in [0.25, 0.3) is 11.5 Å². The van der Waals surface area contributed by atoms with E-state index in [0.29, 0.717) is 29.9 Å². The quantitative estimate of drug-likeness (QED) is 0.925. The van der Waals surface area contributed by atoms with Crippen LogP contribution in [0, 0.1) is 5.82 Å². The number of hydrogen-bond acceptors (Lipinski definition) is 4. The molecule has 1 aromatic heterocycles. The van der Waals surface area contributed by atoms with E-state index in [1.807, 2.05) is 0 Å². The van der Waals surface area contributed by atoms with Crippen molar-refractivity contribution in [3.8, 4) is 11.5 Å². The molecule has 2 aromatic rings. The first-order valence-corrected chi connectivity index (χ1v) is 6.11. The number of aromatic nitrogens is 2. The van der Waals surface area contributed by atoms with E-state index < -0.39 is 0 Å². The fraction of sp³-hybridized carbons (Fsp3) is 0.333. The molecule has 3 rings (SSSR count). The zero-order chi connectivity index (χ0) is 12.5. The average molecular weight is 268 g/mol. The summed E-state index contributed by atoms with van der Waals surface area (Å²) in [6, 6.07) is 4.65. The van der Waals surface area contributed by atoms with Crippen molar-refractivity contribution in [2.45, 2.75) is 25.4 Å². The van der Waals surface area contributed by atoms with Crippen molar-refractivity contribution in [1.29, 1.82) is 0 Å². The lowest BCUT2D eigenvalue weighted by Crippen LogP contribution is -2.16. The molecule has 1 aliphatic rings. The summed E-state index contributed by atoms with van der Waals surface area (Å²) in [6.07, 6.45) is 2.41. The van der Waals surface area contributed by atoms with E-state index in [1.165, 1.54) is 31.0 Å². The Morgan fingerprint density at radius 2 is 2.28 bits per heavy atom. The summed E-state index contributed by atoms with van der Waals surface area (Å²) in [7, 11) is 0. The predicted octanol–water partition coefficient (Wildman–Crippen LogP) is 2.78. The minimum Gasteiger partial charge on any atom is -0.334 e. The summed E-state index contributed by atoms with van der Waals surface area (Å²) in [4.78, 5) is 4.22. The first-order valence-electron chi connectivity index (χ1n) is 5.74. The monoisotopic (exact) mass is 267 g/mol. The zero-order valence-electron chi connectivity index (χ0n) is 9.49. The van der Waals surface area contributed by atoms with Crippen molar-refractivity contribution in [1.82, 2.24) is 15.5 Å². The van der Waals surface area contributed by atoms with E-state index in [4.69, 9.17) is 16.1 Å². The van der Waals surface area contributed by atoms with Gasteiger partial charge in [-0.25, -0.2) is 4.39 Å². The molecule has 1 N–H and O–H groups in total. The summed E-state index contributed by atoms with van der Waals surface area (Å²) in [6.45, 7) is 0.576. The molecule has 1 aromatic carbocycles. The Morgan fingerprint density at radius 1 is 1.44 bits per heavy atom. The Morgan fingerprint density at radius 3 is 3.00 bits per heavy atom. The Kier molecular flexibility index (Phi) is 3.01. The Labute approximate surface area is 108 Å². The molecule has 1 heterocycles. The minimum atomic E-state index is -0.390. The fourth-order valence-electron chi connectivity index (χ4n) is 1.62. The van der Waals surface area contributed by atoms with Gasteiger partial charge in [-0.05, 0) is 31.0 Å². The average Bonchev–Trinajstić information content (AvgIpc) is 3.05. The van der Waals surface area contributed by atoms with Crippen molar-refractivity contribution < 1.29 is 8.91 Å². The van der Waals surface area contributed by atoms with Crippen molar-refractivity contribution in [3.63, 3.8) is 0 Å². The van der Waals surface area contributed by atoms with E-state index in [1.54, 1.807) is 0 Å². The normalized spacial score (nSPS) is 15.0. The second kappa shape index (κ2) is 4.66. The largest absolute Gasteiger partial charge is 0.334 e. The van der Waals surface area contributed by atoms with Crippen LogP contribution in [0.3, 0.4) is 0 Å². The molecule has 0 saturated heterocycles. The van der Waals surface area contributed by atoms with Gasteiger partial charge in [0.25, 0.3) is 5.89 Å². The highest BCUT2D eigenvalue weighted by Gasteiger charge is 2.21. The van der Waals surface area contributed by atoms with Gasteiger partial charge in [-0.3, -0.25) is 0 Å². The maximum absolute atomic E-state index is 12.9. The molecular weight excluding hydrogens is 257 g/mol. The first kappa shape index (κ1) is 11.6. The number of benzene rings is 1. The van der Waals surface area contributed by atoms with Gasteiger partial charge in [0, 0.05) is 6.04 Å². The van der Waals surface area contributed by atoms with Gasteiger partial charge in [0.15, 0.2) is 5.82 Å². The van der Waals surface area contributed by atoms with Crippen LogP contribution in [0.15, 0.2) is 22.7 Å². The molecule has 0 atom stereocenters. The molecule has 18 heavy (non-hydrogen) atoms.